The summed E-state index contributed by atoms with van der Waals surface area (Å²) in [5, 5.41) is 13.8. The number of ether oxygens (including phenoxy) is 2. The fraction of sp³-hybridized carbons (Fsp3) is 0.459. The first-order chi connectivity index (χ1) is 22.7. The monoisotopic (exact) mass is 643 g/mol. The maximum atomic E-state index is 14.7. The molecule has 1 spiro atoms. The minimum absolute atomic E-state index is 0.0908. The number of hydrogen-bond acceptors (Lipinski definition) is 7. The molecule has 0 saturated carbocycles. The minimum Gasteiger partial charge on any atom is -0.463 e. The predicted octanol–water partition coefficient (Wildman–Crippen LogP) is 3.88. The first-order valence-electron chi connectivity index (χ1n) is 16.4. The van der Waals surface area contributed by atoms with E-state index in [1.54, 1.807) is 17.1 Å². The summed E-state index contributed by atoms with van der Waals surface area (Å²) in [6.07, 6.45) is 4.26. The van der Waals surface area contributed by atoms with Crippen molar-refractivity contribution in [3.8, 4) is 0 Å². The zero-order valence-electron chi connectivity index (χ0n) is 27.1. The molecule has 7 atom stereocenters. The van der Waals surface area contributed by atoms with Crippen LogP contribution >= 0.6 is 0 Å². The van der Waals surface area contributed by atoms with Gasteiger partial charge in [0.1, 0.15) is 18.2 Å². The fourth-order valence-corrected chi connectivity index (χ4v) is 7.53. The molecule has 10 nitrogen and oxygen atoms in total. The van der Waals surface area contributed by atoms with Crippen LogP contribution in [0.4, 0.5) is 0 Å². The molecule has 0 aliphatic carbocycles. The van der Waals surface area contributed by atoms with Gasteiger partial charge < -0.3 is 29.7 Å². The molecule has 3 heterocycles. The summed E-state index contributed by atoms with van der Waals surface area (Å²) in [4.78, 5) is 59.0. The number of carbonyl (C=O) groups excluding carboxylic acids is 4. The molecule has 10 heteroatoms. The van der Waals surface area contributed by atoms with Gasteiger partial charge in [0.15, 0.2) is 0 Å². The summed E-state index contributed by atoms with van der Waals surface area (Å²) >= 11 is 0. The number of benzene rings is 2. The van der Waals surface area contributed by atoms with E-state index in [2.05, 4.69) is 18.5 Å². The van der Waals surface area contributed by atoms with E-state index in [-0.39, 0.29) is 31.5 Å². The highest BCUT2D eigenvalue weighted by Crippen LogP contribution is 2.60. The smallest absolute Gasteiger partial charge is 0.306 e. The first-order valence-corrected chi connectivity index (χ1v) is 16.4. The van der Waals surface area contributed by atoms with E-state index in [1.165, 1.54) is 4.90 Å². The highest BCUT2D eigenvalue weighted by atomic mass is 16.5. The normalized spacial score (nSPS) is 25.6. The van der Waals surface area contributed by atoms with Gasteiger partial charge in [-0.3, -0.25) is 19.2 Å². The molecule has 3 aliphatic heterocycles. The van der Waals surface area contributed by atoms with E-state index >= 15 is 0 Å². The molecule has 3 amide bonds. The number of fused-ring (bicyclic) bond motifs is 1. The maximum Gasteiger partial charge on any atom is 0.306 e. The van der Waals surface area contributed by atoms with Crippen LogP contribution < -0.4 is 5.32 Å². The second kappa shape index (κ2) is 14.6. The zero-order valence-corrected chi connectivity index (χ0v) is 27.1. The van der Waals surface area contributed by atoms with Gasteiger partial charge in [-0.1, -0.05) is 72.8 Å². The topological polar surface area (TPSA) is 125 Å². The summed E-state index contributed by atoms with van der Waals surface area (Å²) in [7, 11) is 0. The van der Waals surface area contributed by atoms with E-state index < -0.39 is 66.1 Å². The van der Waals surface area contributed by atoms with Gasteiger partial charge in [0, 0.05) is 19.0 Å². The average molecular weight is 644 g/mol. The standard InChI is InChI=1S/C37H45N3O7/c1-5-7-18-30(42)46-23-27(25-14-10-8-11-15-25)38-34(43)31-29-19-20-37(47-29)32(31)35(44)40(28(22-41)26-16-12-9-13-17-26)33(37)36(45)39(21-6-2)24(3)4/h5-6,8-17,24,27-29,31-33,41H,1-2,7,18-23H2,3-4H3,(H,38,43)/t27-,28-,29-,31+,32+,33-,37+/m1/s1. The maximum absolute atomic E-state index is 14.7. The molecule has 3 fully saturated rings. The molecule has 3 aliphatic rings. The lowest BCUT2D eigenvalue weighted by molar-refractivity contribution is -0.152. The number of aliphatic hydroxyl groups is 1. The summed E-state index contributed by atoms with van der Waals surface area (Å²) in [6, 6.07) is 15.6. The Balaban J connectivity index is 1.50. The van der Waals surface area contributed by atoms with Gasteiger partial charge in [-0.15, -0.1) is 13.2 Å². The van der Waals surface area contributed by atoms with E-state index in [4.69, 9.17) is 9.47 Å². The predicted molar refractivity (Wildman–Crippen MR) is 175 cm³/mol. The van der Waals surface area contributed by atoms with Crippen LogP contribution in [0.25, 0.3) is 0 Å². The van der Waals surface area contributed by atoms with E-state index in [9.17, 15) is 24.3 Å². The number of aliphatic hydroxyl groups excluding tert-OH is 1. The third kappa shape index (κ3) is 6.49. The SMILES string of the molecule is C=CCCC(=O)OC[C@@H](NC(=O)[C@@H]1[C@H]2C(=O)N([C@H](CO)c3ccccc3)[C@H](C(=O)N(CC=C)C(C)C)[C@]23CC[C@H]1O3)c1ccccc1. The molecular weight excluding hydrogens is 598 g/mol. The number of esters is 1. The van der Waals surface area contributed by atoms with Crippen LogP contribution in [0.3, 0.4) is 0 Å². The number of carbonyl (C=O) groups is 4. The highest BCUT2D eigenvalue weighted by Gasteiger charge is 2.75. The molecule has 0 unspecified atom stereocenters. The van der Waals surface area contributed by atoms with Crippen molar-refractivity contribution >= 4 is 23.7 Å². The van der Waals surface area contributed by atoms with Crippen LogP contribution in [0, 0.1) is 11.8 Å². The van der Waals surface area contributed by atoms with Crippen molar-refractivity contribution in [3.63, 3.8) is 0 Å². The van der Waals surface area contributed by atoms with E-state index in [0.717, 1.165) is 5.56 Å². The van der Waals surface area contributed by atoms with Gasteiger partial charge >= 0.3 is 5.97 Å². The Morgan fingerprint density at radius 3 is 2.34 bits per heavy atom. The van der Waals surface area contributed by atoms with Gasteiger partial charge in [0.25, 0.3) is 0 Å². The summed E-state index contributed by atoms with van der Waals surface area (Å²) in [6.45, 7) is 11.0. The highest BCUT2D eigenvalue weighted by molar-refractivity contribution is 5.99. The van der Waals surface area contributed by atoms with Gasteiger partial charge in [-0.25, -0.2) is 0 Å². The second-order valence-electron chi connectivity index (χ2n) is 12.8. The Bertz CT molecular complexity index is 1460. The van der Waals surface area contributed by atoms with Gasteiger partial charge in [-0.05, 0) is 44.2 Å². The third-order valence-electron chi connectivity index (χ3n) is 9.68. The Hall–Kier alpha value is -4.28. The van der Waals surface area contributed by atoms with Gasteiger partial charge in [0.05, 0.1) is 36.6 Å². The lowest BCUT2D eigenvalue weighted by atomic mass is 9.70. The number of amides is 3. The van der Waals surface area contributed by atoms with Gasteiger partial charge in [0.2, 0.25) is 17.7 Å². The van der Waals surface area contributed by atoms with Crippen molar-refractivity contribution in [1.82, 2.24) is 15.1 Å². The molecule has 47 heavy (non-hydrogen) atoms. The molecule has 2 aromatic rings. The van der Waals surface area contributed by atoms with Crippen molar-refractivity contribution in [1.29, 1.82) is 0 Å². The Kier molecular flexibility index (Phi) is 10.6. The minimum atomic E-state index is -1.25. The number of hydrogen-bond donors (Lipinski definition) is 2. The zero-order chi connectivity index (χ0) is 33.7. The summed E-state index contributed by atoms with van der Waals surface area (Å²) in [5.74, 6) is -3.36. The van der Waals surface area contributed by atoms with Gasteiger partial charge in [-0.2, -0.15) is 0 Å². The fourth-order valence-electron chi connectivity index (χ4n) is 7.53. The molecule has 3 saturated heterocycles. The van der Waals surface area contributed by atoms with Crippen LogP contribution in [0.1, 0.15) is 62.7 Å². The van der Waals surface area contributed by atoms with E-state index in [1.807, 2.05) is 74.5 Å². The molecule has 0 radical (unpaired) electrons. The molecule has 2 N–H and O–H groups in total. The largest absolute Gasteiger partial charge is 0.463 e. The number of nitrogens with one attached hydrogen (secondary N) is 1. The molecule has 0 aromatic heterocycles. The van der Waals surface area contributed by atoms with Crippen molar-refractivity contribution in [2.75, 3.05) is 19.8 Å². The summed E-state index contributed by atoms with van der Waals surface area (Å²) in [5.41, 5.74) is 0.164. The first kappa shape index (κ1) is 34.1. The van der Waals surface area contributed by atoms with Crippen LogP contribution in [0.5, 0.6) is 0 Å². The number of likely N-dealkylation sites (tertiary alicyclic amines) is 1. The lowest BCUT2D eigenvalue weighted by Gasteiger charge is -2.40. The van der Waals surface area contributed by atoms with Crippen LogP contribution in [0.2, 0.25) is 0 Å². The molecule has 5 rings (SSSR count). The van der Waals surface area contributed by atoms with Crippen molar-refractivity contribution in [2.45, 2.75) is 75.4 Å². The number of rotatable bonds is 15. The van der Waals surface area contributed by atoms with E-state index in [0.29, 0.717) is 24.8 Å². The lowest BCUT2D eigenvalue weighted by Crippen LogP contribution is -2.58. The molecule has 250 valence electrons. The van der Waals surface area contributed by atoms with Crippen molar-refractivity contribution < 1.29 is 33.8 Å². The summed E-state index contributed by atoms with van der Waals surface area (Å²) < 4.78 is 12.2. The quantitative estimate of drug-likeness (QED) is 0.223. The van der Waals surface area contributed by atoms with Crippen molar-refractivity contribution in [3.05, 3.63) is 97.1 Å². The van der Waals surface area contributed by atoms with Crippen molar-refractivity contribution in [2.24, 2.45) is 11.8 Å². The third-order valence-corrected chi connectivity index (χ3v) is 9.68. The molecule has 2 aromatic carbocycles. The Morgan fingerprint density at radius 1 is 1.09 bits per heavy atom. The molecular formula is C37H45N3O7. The number of allylic oxidation sites excluding steroid dienone is 1. The van der Waals surface area contributed by atoms with Crippen LogP contribution in [0.15, 0.2) is 86.0 Å². The van der Waals surface area contributed by atoms with Crippen LogP contribution in [-0.2, 0) is 28.7 Å². The molecule has 2 bridgehead atoms. The Labute approximate surface area is 276 Å². The number of nitrogens with zero attached hydrogens (tertiary/aromatic N) is 2. The average Bonchev–Trinajstić information content (AvgIpc) is 3.73. The Morgan fingerprint density at radius 2 is 1.74 bits per heavy atom. The second-order valence-corrected chi connectivity index (χ2v) is 12.8. The van der Waals surface area contributed by atoms with Crippen LogP contribution in [-0.4, -0.2) is 82.1 Å².